The summed E-state index contributed by atoms with van der Waals surface area (Å²) in [5.74, 6) is 0.520. The van der Waals surface area contributed by atoms with Crippen molar-refractivity contribution in [3.63, 3.8) is 0 Å². The van der Waals surface area contributed by atoms with Gasteiger partial charge in [-0.3, -0.25) is 4.79 Å². The van der Waals surface area contributed by atoms with Gasteiger partial charge in [0.2, 0.25) is 0 Å². The van der Waals surface area contributed by atoms with Gasteiger partial charge in [-0.15, -0.1) is 0 Å². The number of carbonyl (C=O) groups excluding carboxylic acids is 1. The van der Waals surface area contributed by atoms with Gasteiger partial charge in [0.05, 0.1) is 0 Å². The lowest BCUT2D eigenvalue weighted by Crippen LogP contribution is -2.16. The highest BCUT2D eigenvalue weighted by Crippen LogP contribution is 2.37. The molecule has 2 heteroatoms. The summed E-state index contributed by atoms with van der Waals surface area (Å²) in [4.78, 5) is 11.9. The lowest BCUT2D eigenvalue weighted by atomic mass is 9.78. The summed E-state index contributed by atoms with van der Waals surface area (Å²) in [5.41, 5.74) is 3.16. The van der Waals surface area contributed by atoms with Crippen molar-refractivity contribution in [2.75, 3.05) is 0 Å². The maximum atomic E-state index is 11.9. The number of Topliss-reactive ketones (excluding diaryl/α,β-unsaturated/α-hetero) is 1. The van der Waals surface area contributed by atoms with Crippen LogP contribution in [0, 0.1) is 0 Å². The average Bonchev–Trinajstić information content (AvgIpc) is 2.40. The first-order chi connectivity index (χ1) is 8.75. The van der Waals surface area contributed by atoms with Gasteiger partial charge in [-0.05, 0) is 35.7 Å². The first kappa shape index (κ1) is 11.5. The van der Waals surface area contributed by atoms with Gasteiger partial charge < -0.3 is 0 Å². The second kappa shape index (κ2) is 4.58. The summed E-state index contributed by atoms with van der Waals surface area (Å²) >= 11 is 6.07. The van der Waals surface area contributed by atoms with Gasteiger partial charge in [0.15, 0.2) is 5.78 Å². The number of hydrogen-bond donors (Lipinski definition) is 0. The maximum absolute atomic E-state index is 11.9. The molecule has 0 aliphatic heterocycles. The molecule has 0 radical (unpaired) electrons. The Hall–Kier alpha value is -1.60. The molecule has 1 nitrogen and oxygen atoms in total. The Morgan fingerprint density at radius 1 is 1.06 bits per heavy atom. The van der Waals surface area contributed by atoms with E-state index in [0.29, 0.717) is 11.4 Å². The average molecular weight is 257 g/mol. The summed E-state index contributed by atoms with van der Waals surface area (Å²) in [5, 5.41) is 0.699. The van der Waals surface area contributed by atoms with Crippen LogP contribution in [0.15, 0.2) is 48.5 Å². The van der Waals surface area contributed by atoms with E-state index < -0.39 is 0 Å². The molecule has 0 bridgehead atoms. The number of carbonyl (C=O) groups is 1. The van der Waals surface area contributed by atoms with E-state index in [1.807, 2.05) is 30.3 Å². The van der Waals surface area contributed by atoms with Crippen molar-refractivity contribution in [1.82, 2.24) is 0 Å². The lowest BCUT2D eigenvalue weighted by Gasteiger charge is -2.25. The molecular formula is C16H13ClO. The minimum absolute atomic E-state index is 0.230. The van der Waals surface area contributed by atoms with E-state index >= 15 is 0 Å². The Morgan fingerprint density at radius 3 is 2.61 bits per heavy atom. The molecule has 0 aromatic heterocycles. The first-order valence-corrected chi connectivity index (χ1v) is 6.51. The topological polar surface area (TPSA) is 17.1 Å². The zero-order valence-corrected chi connectivity index (χ0v) is 10.7. The number of benzene rings is 2. The molecule has 3 rings (SSSR count). The molecule has 1 aliphatic rings. The predicted molar refractivity (Wildman–Crippen MR) is 73.3 cm³/mol. The lowest BCUT2D eigenvalue weighted by molar-refractivity contribution is 0.0969. The Bertz CT molecular complexity index is 589. The molecule has 0 fully saturated rings. The van der Waals surface area contributed by atoms with Crippen LogP contribution in [-0.4, -0.2) is 5.78 Å². The third-order valence-electron chi connectivity index (χ3n) is 3.55. The smallest absolute Gasteiger partial charge is 0.163 e. The van der Waals surface area contributed by atoms with Crippen molar-refractivity contribution in [3.05, 3.63) is 70.2 Å². The van der Waals surface area contributed by atoms with Crippen molar-refractivity contribution in [2.45, 2.75) is 18.8 Å². The SMILES string of the molecule is O=C1CC[C@H](c2ccccc2)c2cc(Cl)ccc21. The molecule has 0 saturated carbocycles. The second-order valence-corrected chi connectivity index (χ2v) is 5.09. The van der Waals surface area contributed by atoms with E-state index in [2.05, 4.69) is 12.1 Å². The monoisotopic (exact) mass is 256 g/mol. The number of ketones is 1. The zero-order valence-electron chi connectivity index (χ0n) is 9.90. The summed E-state index contributed by atoms with van der Waals surface area (Å²) in [6.45, 7) is 0. The second-order valence-electron chi connectivity index (χ2n) is 4.66. The van der Waals surface area contributed by atoms with Gasteiger partial charge in [-0.25, -0.2) is 0 Å². The van der Waals surface area contributed by atoms with Crippen LogP contribution < -0.4 is 0 Å². The van der Waals surface area contributed by atoms with Gasteiger partial charge in [0, 0.05) is 22.9 Å². The highest BCUT2D eigenvalue weighted by molar-refractivity contribution is 6.30. The van der Waals surface area contributed by atoms with E-state index in [0.717, 1.165) is 17.5 Å². The van der Waals surface area contributed by atoms with Crippen LogP contribution >= 0.6 is 11.6 Å². The van der Waals surface area contributed by atoms with Crippen LogP contribution in [0.4, 0.5) is 0 Å². The molecule has 0 heterocycles. The van der Waals surface area contributed by atoms with Crippen molar-refractivity contribution in [3.8, 4) is 0 Å². The molecule has 0 N–H and O–H groups in total. The van der Waals surface area contributed by atoms with E-state index in [-0.39, 0.29) is 11.7 Å². The highest BCUT2D eigenvalue weighted by atomic mass is 35.5. The molecule has 0 saturated heterocycles. The van der Waals surface area contributed by atoms with E-state index in [1.165, 1.54) is 5.56 Å². The van der Waals surface area contributed by atoms with Crippen LogP contribution in [0.5, 0.6) is 0 Å². The number of halogens is 1. The van der Waals surface area contributed by atoms with E-state index in [1.54, 1.807) is 6.07 Å². The van der Waals surface area contributed by atoms with Crippen LogP contribution in [-0.2, 0) is 0 Å². The fourth-order valence-electron chi connectivity index (χ4n) is 2.67. The zero-order chi connectivity index (χ0) is 12.5. The van der Waals surface area contributed by atoms with Gasteiger partial charge in [0.1, 0.15) is 0 Å². The molecule has 0 unspecified atom stereocenters. The Labute approximate surface area is 111 Å². The van der Waals surface area contributed by atoms with Crippen molar-refractivity contribution in [1.29, 1.82) is 0 Å². The van der Waals surface area contributed by atoms with Crippen LogP contribution in [0.1, 0.15) is 40.2 Å². The molecule has 0 spiro atoms. The molecule has 1 atom stereocenters. The van der Waals surface area contributed by atoms with Crippen LogP contribution in [0.2, 0.25) is 5.02 Å². The number of hydrogen-bond acceptors (Lipinski definition) is 1. The fraction of sp³-hybridized carbons (Fsp3) is 0.188. The molecule has 2 aromatic rings. The standard InChI is InChI=1S/C16H13ClO/c17-12-6-7-14-15(10-12)13(8-9-16(14)18)11-4-2-1-3-5-11/h1-7,10,13H,8-9H2/t13-/m1/s1. The molecule has 90 valence electrons. The maximum Gasteiger partial charge on any atom is 0.163 e. The fourth-order valence-corrected chi connectivity index (χ4v) is 2.85. The van der Waals surface area contributed by atoms with Gasteiger partial charge in [-0.1, -0.05) is 41.9 Å². The number of fused-ring (bicyclic) bond motifs is 1. The number of rotatable bonds is 1. The highest BCUT2D eigenvalue weighted by Gasteiger charge is 2.26. The first-order valence-electron chi connectivity index (χ1n) is 6.13. The Kier molecular flexibility index (Phi) is 2.92. The van der Waals surface area contributed by atoms with Crippen LogP contribution in [0.25, 0.3) is 0 Å². The van der Waals surface area contributed by atoms with Crippen molar-refractivity contribution >= 4 is 17.4 Å². The van der Waals surface area contributed by atoms with Gasteiger partial charge in [-0.2, -0.15) is 0 Å². The minimum atomic E-state index is 0.230. The normalized spacial score (nSPS) is 18.5. The molecule has 18 heavy (non-hydrogen) atoms. The third-order valence-corrected chi connectivity index (χ3v) is 3.79. The Morgan fingerprint density at radius 2 is 1.83 bits per heavy atom. The van der Waals surface area contributed by atoms with Crippen LogP contribution in [0.3, 0.4) is 0 Å². The summed E-state index contributed by atoms with van der Waals surface area (Å²) in [7, 11) is 0. The summed E-state index contributed by atoms with van der Waals surface area (Å²) in [6.07, 6.45) is 1.49. The van der Waals surface area contributed by atoms with Gasteiger partial charge in [0.25, 0.3) is 0 Å². The van der Waals surface area contributed by atoms with E-state index in [9.17, 15) is 4.79 Å². The summed E-state index contributed by atoms with van der Waals surface area (Å²) < 4.78 is 0. The van der Waals surface area contributed by atoms with E-state index in [4.69, 9.17) is 11.6 Å². The van der Waals surface area contributed by atoms with Crippen molar-refractivity contribution in [2.24, 2.45) is 0 Å². The largest absolute Gasteiger partial charge is 0.294 e. The molecule has 0 amide bonds. The van der Waals surface area contributed by atoms with Gasteiger partial charge >= 0.3 is 0 Å². The quantitative estimate of drug-likeness (QED) is 0.737. The molecular weight excluding hydrogens is 244 g/mol. The molecule has 2 aromatic carbocycles. The minimum Gasteiger partial charge on any atom is -0.294 e. The predicted octanol–water partition coefficient (Wildman–Crippen LogP) is 4.45. The third kappa shape index (κ3) is 1.95. The molecule has 1 aliphatic carbocycles. The van der Waals surface area contributed by atoms with Crippen molar-refractivity contribution < 1.29 is 4.79 Å². The Balaban J connectivity index is 2.13. The summed E-state index contributed by atoms with van der Waals surface area (Å²) in [6, 6.07) is 15.9.